The quantitative estimate of drug-likeness (QED) is 0.111. The van der Waals surface area contributed by atoms with Crippen molar-refractivity contribution in [3.63, 3.8) is 0 Å². The van der Waals surface area contributed by atoms with Crippen LogP contribution in [0.2, 0.25) is 0 Å². The number of hydrogen-bond acceptors (Lipinski definition) is 8. The molecule has 0 heterocycles. The van der Waals surface area contributed by atoms with Crippen molar-refractivity contribution in [3.8, 4) is 0 Å². The van der Waals surface area contributed by atoms with Gasteiger partial charge in [0.15, 0.2) is 0 Å². The summed E-state index contributed by atoms with van der Waals surface area (Å²) in [5.74, 6) is -2.28. The van der Waals surface area contributed by atoms with Crippen LogP contribution < -0.4 is 34.7 Å². The first-order chi connectivity index (χ1) is 8.79. The zero-order valence-corrected chi connectivity index (χ0v) is 12.8. The van der Waals surface area contributed by atoms with E-state index in [1.165, 1.54) is 0 Å². The summed E-state index contributed by atoms with van der Waals surface area (Å²) in [5.41, 5.74) is 0. The van der Waals surface area contributed by atoms with Crippen molar-refractivity contribution in [2.75, 3.05) is 13.2 Å². The summed E-state index contributed by atoms with van der Waals surface area (Å²) in [4.78, 5) is 13.3. The molecule has 4 atom stereocenters. The van der Waals surface area contributed by atoms with Crippen molar-refractivity contribution in [3.05, 3.63) is 12.2 Å². The first-order valence-corrected chi connectivity index (χ1v) is 5.25. The van der Waals surface area contributed by atoms with Crippen LogP contribution in [0.4, 0.5) is 0 Å². The van der Waals surface area contributed by atoms with Crippen molar-refractivity contribution >= 4 is 11.9 Å². The molecule has 0 aliphatic rings. The molecule has 9 nitrogen and oxygen atoms in total. The molecule has 110 valence electrons. The Morgan fingerprint density at radius 2 is 1.60 bits per heavy atom. The topological polar surface area (TPSA) is 174 Å². The molecule has 0 radical (unpaired) electrons. The molecule has 0 saturated carbocycles. The number of aliphatic hydroxyl groups excluding tert-OH is 5. The molecule has 0 amide bonds. The van der Waals surface area contributed by atoms with Crippen molar-refractivity contribution in [2.24, 2.45) is 4.99 Å². The van der Waals surface area contributed by atoms with Crippen LogP contribution in [0.1, 0.15) is 0 Å². The Bertz CT molecular complexity index is 348. The zero-order chi connectivity index (χ0) is 15.0. The fourth-order valence-electron chi connectivity index (χ4n) is 1.05. The van der Waals surface area contributed by atoms with Gasteiger partial charge in [-0.05, 0) is 12.0 Å². The van der Waals surface area contributed by atoms with E-state index < -0.39 is 49.4 Å². The number of carbonyl (C=O) groups is 1. The number of aliphatic carboxylic acids is 1. The minimum Gasteiger partial charge on any atom is -0.859 e. The number of aliphatic hydroxyl groups is 5. The Morgan fingerprint density at radius 1 is 1.10 bits per heavy atom. The summed E-state index contributed by atoms with van der Waals surface area (Å²) in [6.45, 7) is -1.42. The van der Waals surface area contributed by atoms with Gasteiger partial charge in [-0.2, -0.15) is 0 Å². The van der Waals surface area contributed by atoms with Gasteiger partial charge in [-0.1, -0.05) is 0 Å². The molecule has 0 spiro atoms. The van der Waals surface area contributed by atoms with Gasteiger partial charge in [0.05, 0.1) is 13.2 Å². The van der Waals surface area contributed by atoms with E-state index in [0.29, 0.717) is 12.2 Å². The van der Waals surface area contributed by atoms with Gasteiger partial charge in [0.25, 0.3) is 0 Å². The number of rotatable bonds is 8. The van der Waals surface area contributed by atoms with Crippen LogP contribution in [0, 0.1) is 0 Å². The molecule has 0 unspecified atom stereocenters. The van der Waals surface area contributed by atoms with E-state index in [9.17, 15) is 25.2 Å². The average molecular weight is 301 g/mol. The molecular weight excluding hydrogens is 285 g/mol. The van der Waals surface area contributed by atoms with Gasteiger partial charge in [-0.25, -0.2) is 4.79 Å². The van der Waals surface area contributed by atoms with Gasteiger partial charge < -0.3 is 35.7 Å². The van der Waals surface area contributed by atoms with E-state index >= 15 is 0 Å². The summed E-state index contributed by atoms with van der Waals surface area (Å²) in [5, 5.41) is 64.8. The average Bonchev–Trinajstić information content (AvgIpc) is 2.39. The van der Waals surface area contributed by atoms with Gasteiger partial charge in [-0.15, -0.1) is 0 Å². The maximum atomic E-state index is 11.0. The molecule has 0 bridgehead atoms. The third-order valence-corrected chi connectivity index (χ3v) is 2.13. The summed E-state index contributed by atoms with van der Waals surface area (Å²) < 4.78 is 0. The predicted octanol–water partition coefficient (Wildman–Crippen LogP) is -7.17. The largest absolute Gasteiger partial charge is 1.00 e. The van der Waals surface area contributed by atoms with Gasteiger partial charge in [-0.3, -0.25) is 4.99 Å². The second kappa shape index (κ2) is 11.2. The molecule has 0 aromatic heterocycles. The summed E-state index contributed by atoms with van der Waals surface area (Å²) >= 11 is 0. The first kappa shape index (κ1) is 21.8. The SMILES string of the molecule is O=C(O)/C=C/C([O-])=NC[C@H](O)[C@@H](O)[C@H](O)[C@H](O)CO.[Na+]. The molecule has 0 aromatic carbocycles. The minimum atomic E-state index is -1.82. The molecule has 0 rings (SSSR count). The molecule has 6 N–H and O–H groups in total. The Hall–Kier alpha value is -0.520. The Labute approximate surface area is 136 Å². The Kier molecular flexibility index (Phi) is 12.2. The fraction of sp³-hybridized carbons (Fsp3) is 0.600. The van der Waals surface area contributed by atoms with Crippen LogP contribution in [0.5, 0.6) is 0 Å². The molecule has 0 aliphatic carbocycles. The van der Waals surface area contributed by atoms with Crippen molar-refractivity contribution < 1.29 is 70.1 Å². The Morgan fingerprint density at radius 3 is 2.05 bits per heavy atom. The Balaban J connectivity index is 0. The molecule has 0 saturated heterocycles. The van der Waals surface area contributed by atoms with Crippen LogP contribution in [0.15, 0.2) is 17.1 Å². The van der Waals surface area contributed by atoms with Crippen LogP contribution in [0.25, 0.3) is 0 Å². The second-order valence-electron chi connectivity index (χ2n) is 3.65. The zero-order valence-electron chi connectivity index (χ0n) is 10.8. The van der Waals surface area contributed by atoms with Gasteiger partial charge >= 0.3 is 35.5 Å². The molecule has 20 heavy (non-hydrogen) atoms. The molecule has 0 aromatic rings. The molecular formula is C10H16NNaO8. The predicted molar refractivity (Wildman–Crippen MR) is 60.2 cm³/mol. The van der Waals surface area contributed by atoms with E-state index in [1.54, 1.807) is 0 Å². The van der Waals surface area contributed by atoms with E-state index in [4.69, 9.17) is 15.3 Å². The van der Waals surface area contributed by atoms with Crippen LogP contribution in [-0.4, -0.2) is 80.1 Å². The van der Waals surface area contributed by atoms with E-state index in [0.717, 1.165) is 0 Å². The van der Waals surface area contributed by atoms with Crippen molar-refractivity contribution in [2.45, 2.75) is 24.4 Å². The number of nitrogens with zero attached hydrogens (tertiary/aromatic N) is 1. The van der Waals surface area contributed by atoms with E-state index in [-0.39, 0.29) is 29.6 Å². The van der Waals surface area contributed by atoms with Crippen LogP contribution in [0.3, 0.4) is 0 Å². The fourth-order valence-corrected chi connectivity index (χ4v) is 1.05. The van der Waals surface area contributed by atoms with E-state index in [2.05, 4.69) is 4.99 Å². The summed E-state index contributed by atoms with van der Waals surface area (Å²) in [6.07, 6.45) is -5.72. The molecule has 0 aliphatic heterocycles. The maximum absolute atomic E-state index is 11.0. The molecule has 0 fully saturated rings. The summed E-state index contributed by atoms with van der Waals surface area (Å²) in [7, 11) is 0. The second-order valence-corrected chi connectivity index (χ2v) is 3.65. The smallest absolute Gasteiger partial charge is 0.859 e. The minimum absolute atomic E-state index is 0. The number of carboxylic acid groups (broad SMARTS) is 1. The third-order valence-electron chi connectivity index (χ3n) is 2.13. The van der Waals surface area contributed by atoms with Gasteiger partial charge in [0.1, 0.15) is 24.4 Å². The van der Waals surface area contributed by atoms with Gasteiger partial charge in [0.2, 0.25) is 0 Å². The normalized spacial score (nSPS) is 18.1. The van der Waals surface area contributed by atoms with E-state index in [1.807, 2.05) is 0 Å². The monoisotopic (exact) mass is 301 g/mol. The summed E-state index contributed by atoms with van der Waals surface area (Å²) in [6, 6.07) is 0. The number of carboxylic acids is 1. The first-order valence-electron chi connectivity index (χ1n) is 5.25. The molecule has 10 heteroatoms. The van der Waals surface area contributed by atoms with Crippen molar-refractivity contribution in [1.82, 2.24) is 0 Å². The number of aliphatic imine (C=N–C) groups is 1. The van der Waals surface area contributed by atoms with Crippen LogP contribution in [-0.2, 0) is 4.79 Å². The number of hydrogen-bond donors (Lipinski definition) is 6. The maximum Gasteiger partial charge on any atom is 1.00 e. The third kappa shape index (κ3) is 8.61. The van der Waals surface area contributed by atoms with Crippen molar-refractivity contribution in [1.29, 1.82) is 0 Å². The van der Waals surface area contributed by atoms with Gasteiger partial charge in [0, 0.05) is 6.08 Å². The van der Waals surface area contributed by atoms with Crippen LogP contribution >= 0.6 is 0 Å². The standard InChI is InChI=1S/C10H17NO8.Na/c12-4-6(14)10(19)9(18)5(13)3-11-7(15)1-2-8(16)17;/h1-2,5-6,9-10,12-14,18-19H,3-4H2,(H,11,15)(H,16,17);/q;+1/p-1/b2-1+;/t5-,6+,9+,10+;/m0./s1.